The van der Waals surface area contributed by atoms with Gasteiger partial charge < -0.3 is 9.47 Å². The van der Waals surface area contributed by atoms with E-state index in [1.807, 2.05) is 0 Å². The molecule has 2 nitrogen and oxygen atoms in total. The summed E-state index contributed by atoms with van der Waals surface area (Å²) in [6, 6.07) is 34.6. The van der Waals surface area contributed by atoms with E-state index >= 15 is 0 Å². The minimum absolute atomic E-state index is 0.0537. The number of benzene rings is 4. The molecule has 246 valence electrons. The maximum absolute atomic E-state index is 2.55. The summed E-state index contributed by atoms with van der Waals surface area (Å²) in [6.07, 6.45) is 25.3. The Hall–Kier alpha value is -5.60. The summed E-state index contributed by atoms with van der Waals surface area (Å²) < 4.78 is 2.49. The molecular formula is C49H40N2. The number of allylic oxidation sites excluding steroid dienone is 13. The third-order valence-corrected chi connectivity index (χ3v) is 12.5. The molecule has 0 saturated carbocycles. The number of aromatic nitrogens is 1. The van der Waals surface area contributed by atoms with E-state index in [0.717, 1.165) is 25.7 Å². The summed E-state index contributed by atoms with van der Waals surface area (Å²) in [6.45, 7) is 4.91. The standard InChI is InChI=1S/C49H40N2/c1-49(2)41-21-12-20-36(32-14-11-15-33(29-32)50-43-22-8-5-17-37(43)38-18-6-9-23-44(38)50)47(41)39-27-26-34(30-42(39)49)51-45-24-10-7-19-40(45)48-35-16-4-3-13-31(35)25-28-46(48)51/h3-5,7-11,13-17,19-20,22-30,35,48H,6,12,18,21H2,1-2H3. The Bertz CT molecular complexity index is 2570. The van der Waals surface area contributed by atoms with Crippen LogP contribution < -0.4 is 4.90 Å². The summed E-state index contributed by atoms with van der Waals surface area (Å²) in [4.78, 5) is 2.55. The first-order valence-corrected chi connectivity index (χ1v) is 18.7. The Balaban J connectivity index is 1.02. The Kier molecular flexibility index (Phi) is 6.12. The van der Waals surface area contributed by atoms with Crippen molar-refractivity contribution < 1.29 is 0 Å². The Morgan fingerprint density at radius 2 is 1.67 bits per heavy atom. The largest absolute Gasteiger partial charge is 0.313 e. The molecule has 5 aromatic rings. The number of hydrogen-bond acceptors (Lipinski definition) is 1. The maximum Gasteiger partial charge on any atom is 0.0537 e. The molecule has 1 aromatic heterocycles. The second-order valence-corrected chi connectivity index (χ2v) is 15.5. The van der Waals surface area contributed by atoms with Crippen LogP contribution in [0, 0.1) is 5.92 Å². The molecule has 2 heteroatoms. The van der Waals surface area contributed by atoms with Gasteiger partial charge in [0.2, 0.25) is 0 Å². The normalized spacial score (nSPS) is 21.8. The van der Waals surface area contributed by atoms with Gasteiger partial charge in [-0.25, -0.2) is 0 Å². The topological polar surface area (TPSA) is 8.17 Å². The van der Waals surface area contributed by atoms with Crippen LogP contribution in [-0.4, -0.2) is 4.57 Å². The molecule has 11 rings (SSSR count). The Morgan fingerprint density at radius 3 is 2.63 bits per heavy atom. The van der Waals surface area contributed by atoms with Crippen LogP contribution in [0.4, 0.5) is 11.4 Å². The van der Waals surface area contributed by atoms with Gasteiger partial charge in [-0.05, 0) is 119 Å². The number of rotatable bonds is 3. The molecule has 2 heterocycles. The molecule has 2 atom stereocenters. The lowest BCUT2D eigenvalue weighted by atomic mass is 9.76. The molecule has 5 aliphatic carbocycles. The Morgan fingerprint density at radius 1 is 0.765 bits per heavy atom. The van der Waals surface area contributed by atoms with Crippen molar-refractivity contribution in [1.82, 2.24) is 4.57 Å². The van der Waals surface area contributed by atoms with Gasteiger partial charge in [-0.15, -0.1) is 0 Å². The predicted molar refractivity (Wildman–Crippen MR) is 213 cm³/mol. The fraction of sp³-hybridized carbons (Fsp3) is 0.184. The quantitative estimate of drug-likeness (QED) is 0.188. The first-order valence-electron chi connectivity index (χ1n) is 18.7. The van der Waals surface area contributed by atoms with Crippen molar-refractivity contribution in [2.75, 3.05) is 4.90 Å². The zero-order chi connectivity index (χ0) is 33.8. The van der Waals surface area contributed by atoms with Crippen LogP contribution in [0.15, 0.2) is 156 Å². The van der Waals surface area contributed by atoms with E-state index in [4.69, 9.17) is 0 Å². The molecule has 0 saturated heterocycles. The van der Waals surface area contributed by atoms with Crippen LogP contribution in [0.25, 0.3) is 33.8 Å². The summed E-state index contributed by atoms with van der Waals surface area (Å²) in [7, 11) is 0. The van der Waals surface area contributed by atoms with Gasteiger partial charge in [0.05, 0.1) is 5.52 Å². The molecule has 6 aliphatic rings. The molecule has 0 spiro atoms. The zero-order valence-electron chi connectivity index (χ0n) is 29.2. The molecule has 2 unspecified atom stereocenters. The van der Waals surface area contributed by atoms with Gasteiger partial charge in [-0.1, -0.05) is 117 Å². The van der Waals surface area contributed by atoms with E-state index < -0.39 is 0 Å². The van der Waals surface area contributed by atoms with Crippen molar-refractivity contribution in [2.45, 2.75) is 50.9 Å². The highest BCUT2D eigenvalue weighted by Crippen LogP contribution is 2.58. The van der Waals surface area contributed by atoms with Crippen LogP contribution in [0.2, 0.25) is 0 Å². The van der Waals surface area contributed by atoms with Gasteiger partial charge in [-0.3, -0.25) is 0 Å². The number of para-hydroxylation sites is 2. The highest BCUT2D eigenvalue weighted by atomic mass is 15.2. The molecule has 1 aliphatic heterocycles. The van der Waals surface area contributed by atoms with Crippen molar-refractivity contribution in [3.63, 3.8) is 0 Å². The zero-order valence-corrected chi connectivity index (χ0v) is 29.2. The van der Waals surface area contributed by atoms with E-state index in [9.17, 15) is 0 Å². The van der Waals surface area contributed by atoms with Crippen molar-refractivity contribution >= 4 is 39.5 Å². The summed E-state index contributed by atoms with van der Waals surface area (Å²) in [5.74, 6) is 0.700. The third-order valence-electron chi connectivity index (χ3n) is 12.5. The number of anilines is 2. The first-order chi connectivity index (χ1) is 25.1. The molecule has 0 radical (unpaired) electrons. The van der Waals surface area contributed by atoms with Gasteiger partial charge in [0.15, 0.2) is 0 Å². The maximum atomic E-state index is 2.55. The number of nitrogens with zero attached hydrogens (tertiary/aromatic N) is 2. The fourth-order valence-corrected chi connectivity index (χ4v) is 10.3. The summed E-state index contributed by atoms with van der Waals surface area (Å²) >= 11 is 0. The van der Waals surface area contributed by atoms with Crippen LogP contribution >= 0.6 is 0 Å². The van der Waals surface area contributed by atoms with Crippen molar-refractivity contribution in [2.24, 2.45) is 5.92 Å². The van der Waals surface area contributed by atoms with E-state index in [1.165, 1.54) is 83.9 Å². The van der Waals surface area contributed by atoms with Crippen molar-refractivity contribution in [3.8, 4) is 5.69 Å². The van der Waals surface area contributed by atoms with E-state index in [1.54, 1.807) is 5.57 Å². The fourth-order valence-electron chi connectivity index (χ4n) is 10.3. The van der Waals surface area contributed by atoms with Crippen LogP contribution in [0.3, 0.4) is 0 Å². The van der Waals surface area contributed by atoms with E-state index in [2.05, 4.69) is 169 Å². The smallest absolute Gasteiger partial charge is 0.0537 e. The van der Waals surface area contributed by atoms with Gasteiger partial charge in [-0.2, -0.15) is 0 Å². The van der Waals surface area contributed by atoms with Gasteiger partial charge in [0, 0.05) is 51.1 Å². The van der Waals surface area contributed by atoms with Crippen molar-refractivity contribution in [1.29, 1.82) is 0 Å². The summed E-state index contributed by atoms with van der Waals surface area (Å²) in [5.41, 5.74) is 20.6. The number of fused-ring (bicyclic) bond motifs is 10. The minimum Gasteiger partial charge on any atom is -0.313 e. The SMILES string of the molecule is CC1(C)C2=C(C(c3cccc(-n4c5c(c6ccccc64)CCC=C5)c3)=CCC2)c2ccc(N3C4=CC=C5C=CC=CC5C4c4ccccc43)cc21. The number of aryl methyl sites for hydroxylation is 1. The van der Waals surface area contributed by atoms with Gasteiger partial charge >= 0.3 is 0 Å². The molecule has 51 heavy (non-hydrogen) atoms. The molecule has 0 amide bonds. The lowest BCUT2D eigenvalue weighted by Gasteiger charge is -2.32. The van der Waals surface area contributed by atoms with Gasteiger partial charge in [0.25, 0.3) is 0 Å². The number of hydrogen-bond donors (Lipinski definition) is 0. The Labute approximate surface area is 300 Å². The van der Waals surface area contributed by atoms with E-state index in [-0.39, 0.29) is 5.41 Å². The summed E-state index contributed by atoms with van der Waals surface area (Å²) in [5, 5.41) is 1.38. The lowest BCUT2D eigenvalue weighted by molar-refractivity contribution is 0.607. The van der Waals surface area contributed by atoms with Crippen LogP contribution in [0.1, 0.15) is 72.5 Å². The monoisotopic (exact) mass is 656 g/mol. The average molecular weight is 657 g/mol. The minimum atomic E-state index is -0.0537. The second-order valence-electron chi connectivity index (χ2n) is 15.5. The van der Waals surface area contributed by atoms with Crippen LogP contribution in [-0.2, 0) is 11.8 Å². The van der Waals surface area contributed by atoms with Crippen molar-refractivity contribution in [3.05, 3.63) is 190 Å². The van der Waals surface area contributed by atoms with E-state index in [0.29, 0.717) is 11.8 Å². The average Bonchev–Trinajstić information content (AvgIpc) is 3.78. The molecule has 4 aromatic carbocycles. The third kappa shape index (κ3) is 4.05. The van der Waals surface area contributed by atoms with Crippen LogP contribution in [0.5, 0.6) is 0 Å². The molecule has 0 N–H and O–H groups in total. The first kappa shape index (κ1) is 29.2. The lowest BCUT2D eigenvalue weighted by Crippen LogP contribution is -2.22. The second kappa shape index (κ2) is 10.7. The molecule has 0 bridgehead atoms. The highest BCUT2D eigenvalue weighted by molar-refractivity contribution is 6.11. The predicted octanol–water partition coefficient (Wildman–Crippen LogP) is 12.3. The molecular weight excluding hydrogens is 617 g/mol. The highest BCUT2D eigenvalue weighted by Gasteiger charge is 2.43. The molecule has 0 fully saturated rings. The van der Waals surface area contributed by atoms with Gasteiger partial charge in [0.1, 0.15) is 0 Å².